The molecule has 6 nitrogen and oxygen atoms in total. The van der Waals surface area contributed by atoms with E-state index in [4.69, 9.17) is 16.3 Å². The zero-order valence-electron chi connectivity index (χ0n) is 16.3. The van der Waals surface area contributed by atoms with Crippen molar-refractivity contribution in [2.45, 2.75) is 44.6 Å². The molecule has 2 atom stereocenters. The van der Waals surface area contributed by atoms with Crippen LogP contribution in [0.5, 0.6) is 5.75 Å². The van der Waals surface area contributed by atoms with Crippen molar-refractivity contribution in [1.82, 2.24) is 5.32 Å². The van der Waals surface area contributed by atoms with Crippen molar-refractivity contribution in [3.63, 3.8) is 0 Å². The number of carbonyl (C=O) groups excluding carboxylic acids is 3. The number of imide groups is 1. The van der Waals surface area contributed by atoms with Crippen LogP contribution < -0.4 is 15.4 Å². The van der Waals surface area contributed by atoms with E-state index in [0.29, 0.717) is 35.7 Å². The molecule has 0 saturated carbocycles. The minimum atomic E-state index is -0.744. The minimum Gasteiger partial charge on any atom is -0.479 e. The van der Waals surface area contributed by atoms with Gasteiger partial charge in [-0.1, -0.05) is 42.8 Å². The lowest BCUT2D eigenvalue weighted by molar-refractivity contribution is -0.138. The molecule has 1 aliphatic heterocycles. The van der Waals surface area contributed by atoms with Gasteiger partial charge in [0.25, 0.3) is 5.91 Å². The Morgan fingerprint density at radius 2 is 1.90 bits per heavy atom. The number of amides is 3. The van der Waals surface area contributed by atoms with Gasteiger partial charge in [-0.2, -0.15) is 0 Å². The molecule has 2 N–H and O–H groups in total. The summed E-state index contributed by atoms with van der Waals surface area (Å²) in [5, 5.41) is 5.67. The number of hydrogen-bond donors (Lipinski definition) is 2. The maximum Gasteiger partial charge on any atom is 0.265 e. The highest BCUT2D eigenvalue weighted by Gasteiger charge is 2.42. The normalized spacial score (nSPS) is 20.0. The first-order chi connectivity index (χ1) is 13.9. The van der Waals surface area contributed by atoms with Gasteiger partial charge < -0.3 is 10.1 Å². The van der Waals surface area contributed by atoms with E-state index in [1.54, 1.807) is 43.3 Å². The van der Waals surface area contributed by atoms with Gasteiger partial charge in [-0.3, -0.25) is 19.7 Å². The molecule has 0 aliphatic carbocycles. The quantitative estimate of drug-likeness (QED) is 0.703. The first-order valence-corrected chi connectivity index (χ1v) is 9.90. The molecular weight excluding hydrogens is 392 g/mol. The van der Waals surface area contributed by atoms with Crippen molar-refractivity contribution >= 4 is 35.0 Å². The number of carbonyl (C=O) groups is 3. The van der Waals surface area contributed by atoms with Crippen LogP contribution >= 0.6 is 11.6 Å². The van der Waals surface area contributed by atoms with E-state index in [9.17, 15) is 14.4 Å². The number of para-hydroxylation sites is 1. The van der Waals surface area contributed by atoms with Crippen molar-refractivity contribution in [3.8, 4) is 5.75 Å². The average Bonchev–Trinajstić information content (AvgIpc) is 2.71. The summed E-state index contributed by atoms with van der Waals surface area (Å²) in [4.78, 5) is 36.4. The topological polar surface area (TPSA) is 84.5 Å². The molecule has 1 fully saturated rings. The van der Waals surface area contributed by atoms with Crippen molar-refractivity contribution in [2.24, 2.45) is 0 Å². The molecular formula is C22H23ClN2O4. The lowest BCUT2D eigenvalue weighted by Crippen LogP contribution is -2.51. The molecule has 29 heavy (non-hydrogen) atoms. The SMILES string of the molecule is CCC1(c2ccc(NC(=O)C(C)Oc3ccccc3Cl)cc2)CCC(=O)NC1=O. The van der Waals surface area contributed by atoms with Crippen LogP contribution in [0.3, 0.4) is 0 Å². The van der Waals surface area contributed by atoms with Gasteiger partial charge in [-0.15, -0.1) is 0 Å². The molecule has 0 aromatic heterocycles. The van der Waals surface area contributed by atoms with Crippen LogP contribution in [0.2, 0.25) is 5.02 Å². The van der Waals surface area contributed by atoms with E-state index in [0.717, 1.165) is 5.56 Å². The third-order valence-electron chi connectivity index (χ3n) is 5.28. The smallest absolute Gasteiger partial charge is 0.265 e. The van der Waals surface area contributed by atoms with Gasteiger partial charge in [0.05, 0.1) is 10.4 Å². The summed E-state index contributed by atoms with van der Waals surface area (Å²) in [5.74, 6) is -0.385. The van der Waals surface area contributed by atoms with E-state index in [1.165, 1.54) is 0 Å². The number of halogens is 1. The lowest BCUT2D eigenvalue weighted by atomic mass is 9.72. The summed E-state index contributed by atoms with van der Waals surface area (Å²) in [6, 6.07) is 14.1. The number of piperidine rings is 1. The van der Waals surface area contributed by atoms with Crippen LogP contribution in [0.25, 0.3) is 0 Å². The molecule has 7 heteroatoms. The summed E-state index contributed by atoms with van der Waals surface area (Å²) in [6.07, 6.45) is 0.629. The highest BCUT2D eigenvalue weighted by Crippen LogP contribution is 2.36. The van der Waals surface area contributed by atoms with Crippen LogP contribution in [0.4, 0.5) is 5.69 Å². The Kier molecular flexibility index (Phi) is 6.23. The van der Waals surface area contributed by atoms with Gasteiger partial charge in [0.1, 0.15) is 5.75 Å². The van der Waals surface area contributed by atoms with Gasteiger partial charge in [-0.25, -0.2) is 0 Å². The number of anilines is 1. The maximum atomic E-state index is 12.5. The summed E-state index contributed by atoms with van der Waals surface area (Å²) >= 11 is 6.06. The second-order valence-electron chi connectivity index (χ2n) is 7.07. The fourth-order valence-corrected chi connectivity index (χ4v) is 3.65. The Hall–Kier alpha value is -2.86. The predicted octanol–water partition coefficient (Wildman–Crippen LogP) is 3.83. The van der Waals surface area contributed by atoms with Crippen LogP contribution in [0.15, 0.2) is 48.5 Å². The average molecular weight is 415 g/mol. The Balaban J connectivity index is 1.68. The Bertz CT molecular complexity index is 929. The van der Waals surface area contributed by atoms with Crippen LogP contribution in [-0.4, -0.2) is 23.8 Å². The van der Waals surface area contributed by atoms with Gasteiger partial charge in [0.2, 0.25) is 11.8 Å². The molecule has 152 valence electrons. The second-order valence-corrected chi connectivity index (χ2v) is 7.48. The third-order valence-corrected chi connectivity index (χ3v) is 5.60. The molecule has 2 aromatic carbocycles. The molecule has 0 spiro atoms. The van der Waals surface area contributed by atoms with E-state index in [2.05, 4.69) is 10.6 Å². The largest absolute Gasteiger partial charge is 0.479 e. The predicted molar refractivity (Wildman–Crippen MR) is 111 cm³/mol. The number of hydrogen-bond acceptors (Lipinski definition) is 4. The molecule has 1 saturated heterocycles. The summed E-state index contributed by atoms with van der Waals surface area (Å²) in [7, 11) is 0. The number of nitrogens with one attached hydrogen (secondary N) is 2. The molecule has 2 aromatic rings. The molecule has 1 aliphatic rings. The molecule has 0 bridgehead atoms. The van der Waals surface area contributed by atoms with E-state index >= 15 is 0 Å². The zero-order chi connectivity index (χ0) is 21.0. The van der Waals surface area contributed by atoms with Crippen LogP contribution in [0.1, 0.15) is 38.7 Å². The highest BCUT2D eigenvalue weighted by atomic mass is 35.5. The first kappa shape index (κ1) is 20.9. The first-order valence-electron chi connectivity index (χ1n) is 9.52. The van der Waals surface area contributed by atoms with Gasteiger partial charge >= 0.3 is 0 Å². The molecule has 3 amide bonds. The highest BCUT2D eigenvalue weighted by molar-refractivity contribution is 6.32. The Morgan fingerprint density at radius 3 is 2.52 bits per heavy atom. The fraction of sp³-hybridized carbons (Fsp3) is 0.318. The van der Waals surface area contributed by atoms with Crippen LogP contribution in [0, 0.1) is 0 Å². The summed E-state index contributed by atoms with van der Waals surface area (Å²) in [6.45, 7) is 3.57. The second kappa shape index (κ2) is 8.66. The molecule has 1 heterocycles. The standard InChI is InChI=1S/C22H23ClN2O4/c1-3-22(13-12-19(26)25-21(22)28)15-8-10-16(11-9-15)24-20(27)14(2)29-18-7-5-4-6-17(18)23/h4-11,14H,3,12-13H2,1-2H3,(H,24,27)(H,25,26,28). The Morgan fingerprint density at radius 1 is 1.21 bits per heavy atom. The maximum absolute atomic E-state index is 12.5. The minimum absolute atomic E-state index is 0.240. The molecule has 2 unspecified atom stereocenters. The van der Waals surface area contributed by atoms with Crippen molar-refractivity contribution in [3.05, 3.63) is 59.1 Å². The van der Waals surface area contributed by atoms with E-state index in [1.807, 2.05) is 19.1 Å². The molecule has 0 radical (unpaired) electrons. The zero-order valence-corrected chi connectivity index (χ0v) is 17.1. The number of rotatable bonds is 6. The van der Waals surface area contributed by atoms with Crippen molar-refractivity contribution < 1.29 is 19.1 Å². The van der Waals surface area contributed by atoms with Crippen LogP contribution in [-0.2, 0) is 19.8 Å². The van der Waals surface area contributed by atoms with Crippen molar-refractivity contribution in [1.29, 1.82) is 0 Å². The summed E-state index contributed by atoms with van der Waals surface area (Å²) < 4.78 is 5.63. The number of benzene rings is 2. The summed E-state index contributed by atoms with van der Waals surface area (Å²) in [5.41, 5.74) is 0.687. The van der Waals surface area contributed by atoms with E-state index < -0.39 is 11.5 Å². The van der Waals surface area contributed by atoms with E-state index in [-0.39, 0.29) is 17.7 Å². The van der Waals surface area contributed by atoms with Gasteiger partial charge in [0.15, 0.2) is 6.10 Å². The molecule has 3 rings (SSSR count). The van der Waals surface area contributed by atoms with Gasteiger partial charge in [-0.05, 0) is 49.6 Å². The monoisotopic (exact) mass is 414 g/mol. The lowest BCUT2D eigenvalue weighted by Gasteiger charge is -2.35. The Labute approximate surface area is 174 Å². The van der Waals surface area contributed by atoms with Gasteiger partial charge in [0, 0.05) is 12.1 Å². The third kappa shape index (κ3) is 4.43. The number of ether oxygens (including phenoxy) is 1. The fourth-order valence-electron chi connectivity index (χ4n) is 3.47. The van der Waals surface area contributed by atoms with Crippen molar-refractivity contribution in [2.75, 3.05) is 5.32 Å².